The average Bonchev–Trinajstić information content (AvgIpc) is 3.61. The van der Waals surface area contributed by atoms with E-state index in [9.17, 15) is 29.1 Å². The van der Waals surface area contributed by atoms with Gasteiger partial charge in [0, 0.05) is 44.5 Å². The molecule has 1 spiro atoms. The van der Waals surface area contributed by atoms with Gasteiger partial charge in [-0.2, -0.15) is 0 Å². The summed E-state index contributed by atoms with van der Waals surface area (Å²) in [6.45, 7) is 6.61. The molecule has 2 N–H and O–H groups in total. The van der Waals surface area contributed by atoms with Crippen LogP contribution in [0.3, 0.4) is 0 Å². The van der Waals surface area contributed by atoms with Crippen LogP contribution >= 0.6 is 0 Å². The van der Waals surface area contributed by atoms with E-state index in [0.717, 1.165) is 0 Å². The van der Waals surface area contributed by atoms with Gasteiger partial charge in [-0.1, -0.05) is 32.6 Å². The van der Waals surface area contributed by atoms with Gasteiger partial charge in [-0.15, -0.1) is 0 Å². The van der Waals surface area contributed by atoms with Gasteiger partial charge in [0.25, 0.3) is 0 Å². The van der Waals surface area contributed by atoms with Crippen LogP contribution in [0, 0.1) is 22.7 Å². The molecule has 0 aliphatic carbocycles. The van der Waals surface area contributed by atoms with Crippen LogP contribution in [0.15, 0.2) is 35.4 Å². The summed E-state index contributed by atoms with van der Waals surface area (Å²) >= 11 is 0. The molecular weight excluding hydrogens is 566 g/mol. The number of hydrogen-bond acceptors (Lipinski definition) is 7. The maximum atomic E-state index is 13.8. The van der Waals surface area contributed by atoms with Crippen LogP contribution in [-0.4, -0.2) is 72.1 Å². The highest BCUT2D eigenvalue weighted by Crippen LogP contribution is 2.52. The summed E-state index contributed by atoms with van der Waals surface area (Å²) in [5.41, 5.74) is 0.728. The topological polar surface area (TPSA) is 160 Å². The van der Waals surface area contributed by atoms with Crippen molar-refractivity contribution in [3.05, 3.63) is 52.2 Å². The van der Waals surface area contributed by atoms with Crippen molar-refractivity contribution in [3.8, 4) is 11.8 Å². The lowest BCUT2D eigenvalue weighted by Gasteiger charge is -2.41. The largest absolute Gasteiger partial charge is 0.465 e. The second-order valence-corrected chi connectivity index (χ2v) is 12.8. The van der Waals surface area contributed by atoms with Crippen molar-refractivity contribution in [1.82, 2.24) is 29.3 Å². The van der Waals surface area contributed by atoms with Crippen LogP contribution < -0.4 is 15.9 Å². The van der Waals surface area contributed by atoms with Gasteiger partial charge in [0.05, 0.1) is 28.1 Å². The highest BCUT2D eigenvalue weighted by Gasteiger charge is 2.62. The maximum Gasteiger partial charge on any atom is 0.407 e. The Balaban J connectivity index is 1.22. The molecule has 13 nitrogen and oxygen atoms in total. The molecule has 6 rings (SSSR count). The predicted octanol–water partition coefficient (Wildman–Crippen LogP) is 2.03. The van der Waals surface area contributed by atoms with E-state index >= 15 is 0 Å². The number of rotatable bonds is 2. The Morgan fingerprint density at radius 3 is 2.36 bits per heavy atom. The molecule has 3 aliphatic rings. The van der Waals surface area contributed by atoms with Gasteiger partial charge in [-0.25, -0.2) is 19.6 Å². The quantitative estimate of drug-likeness (QED) is 0.334. The van der Waals surface area contributed by atoms with Gasteiger partial charge >= 0.3 is 11.8 Å². The smallest absolute Gasteiger partial charge is 0.407 e. The fraction of sp³-hybridized carbons (Fsp3) is 0.452. The number of anilines is 1. The van der Waals surface area contributed by atoms with Crippen molar-refractivity contribution in [1.29, 1.82) is 0 Å². The number of aryl methyl sites for hydroxylation is 1. The van der Waals surface area contributed by atoms with Crippen LogP contribution in [-0.2, 0) is 21.4 Å². The van der Waals surface area contributed by atoms with Crippen molar-refractivity contribution < 1.29 is 24.3 Å². The Bertz CT molecular complexity index is 1840. The second-order valence-electron chi connectivity index (χ2n) is 12.8. The summed E-state index contributed by atoms with van der Waals surface area (Å²) in [5.74, 6) is 5.34. The third-order valence-electron chi connectivity index (χ3n) is 8.99. The highest BCUT2D eigenvalue weighted by molar-refractivity contribution is 6.00. The molecule has 3 atom stereocenters. The normalized spacial score (nSPS) is 23.8. The number of carboxylic acid groups (broad SMARTS) is 1. The second kappa shape index (κ2) is 10.3. The third kappa shape index (κ3) is 4.61. The van der Waals surface area contributed by atoms with Crippen molar-refractivity contribution in [3.63, 3.8) is 0 Å². The van der Waals surface area contributed by atoms with Gasteiger partial charge in [-0.3, -0.25) is 33.7 Å². The highest BCUT2D eigenvalue weighted by atomic mass is 16.4. The van der Waals surface area contributed by atoms with E-state index in [0.29, 0.717) is 48.1 Å². The number of fused-ring (bicyclic) bond motifs is 1. The molecule has 3 fully saturated rings. The number of nitrogens with zero attached hydrogens (tertiary/aromatic N) is 6. The molecule has 2 aromatic heterocycles. The number of aromatic nitrogens is 4. The van der Waals surface area contributed by atoms with E-state index in [1.54, 1.807) is 42.5 Å². The number of likely N-dealkylation sites (tertiary alicyclic amines) is 1. The first-order chi connectivity index (χ1) is 20.8. The summed E-state index contributed by atoms with van der Waals surface area (Å²) < 4.78 is 2.87. The molecule has 44 heavy (non-hydrogen) atoms. The van der Waals surface area contributed by atoms with Crippen molar-refractivity contribution in [2.45, 2.75) is 58.5 Å². The SMILES string of the molecule is Cn1c(=O)n(C2CCC(=O)NC2=O)c2ccc(C#Cc3cnc(N4CCC5(CCN(C(=O)O)C5C(C)(C)C)C4=O)nc3)cc21. The number of carbonyl (C=O) groups excluding carboxylic acids is 3. The summed E-state index contributed by atoms with van der Waals surface area (Å²) in [5, 5.41) is 12.1. The van der Waals surface area contributed by atoms with Crippen molar-refractivity contribution in [2.75, 3.05) is 18.0 Å². The lowest BCUT2D eigenvalue weighted by atomic mass is 9.68. The predicted molar refractivity (Wildman–Crippen MR) is 159 cm³/mol. The van der Waals surface area contributed by atoms with Gasteiger partial charge in [0.1, 0.15) is 6.04 Å². The van der Waals surface area contributed by atoms with E-state index in [4.69, 9.17) is 0 Å². The monoisotopic (exact) mass is 599 g/mol. The zero-order valence-electron chi connectivity index (χ0n) is 25.0. The molecule has 0 radical (unpaired) electrons. The molecule has 1 aromatic carbocycles. The number of hydrogen-bond donors (Lipinski definition) is 2. The minimum absolute atomic E-state index is 0.150. The van der Waals surface area contributed by atoms with Crippen LogP contribution in [0.25, 0.3) is 11.0 Å². The lowest BCUT2D eigenvalue weighted by Crippen LogP contribution is -2.53. The average molecular weight is 600 g/mol. The molecule has 5 heterocycles. The number of piperidine rings is 1. The Hall–Kier alpha value is -4.99. The van der Waals surface area contributed by atoms with Crippen molar-refractivity contribution >= 4 is 40.8 Å². The standard InChI is InChI=1S/C31H33N7O6/c1-30(2,3)25-31(11-13-36(25)29(43)44)12-14-37(26(31)41)27-32-16-19(17-33-27)6-5-18-7-8-20-22(15-18)35(4)28(42)38(20)21-9-10-23(39)34-24(21)40/h7-8,15-17,21,25H,9-14H2,1-4H3,(H,43,44)(H,34,39,40). The van der Waals surface area contributed by atoms with Crippen LogP contribution in [0.2, 0.25) is 0 Å². The number of nitrogens with one attached hydrogen (secondary N) is 1. The van der Waals surface area contributed by atoms with E-state index in [1.165, 1.54) is 14.0 Å². The van der Waals surface area contributed by atoms with Gasteiger partial charge in [0.2, 0.25) is 23.7 Å². The van der Waals surface area contributed by atoms with Gasteiger partial charge in [-0.05, 0) is 42.9 Å². The minimum Gasteiger partial charge on any atom is -0.465 e. The number of imidazole rings is 1. The van der Waals surface area contributed by atoms with Crippen LogP contribution in [0.1, 0.15) is 63.6 Å². The van der Waals surface area contributed by atoms with Gasteiger partial charge < -0.3 is 10.0 Å². The molecule has 228 valence electrons. The third-order valence-corrected chi connectivity index (χ3v) is 8.99. The molecule has 3 unspecified atom stereocenters. The molecule has 4 amide bonds. The Morgan fingerprint density at radius 1 is 1.02 bits per heavy atom. The van der Waals surface area contributed by atoms with Crippen LogP contribution in [0.5, 0.6) is 0 Å². The van der Waals surface area contributed by atoms with E-state index in [2.05, 4.69) is 27.1 Å². The minimum atomic E-state index is -1.01. The molecular formula is C31H33N7O6. The van der Waals surface area contributed by atoms with E-state index < -0.39 is 34.9 Å². The Labute approximate surface area is 252 Å². The first-order valence-corrected chi connectivity index (χ1v) is 14.5. The number of imide groups is 1. The summed E-state index contributed by atoms with van der Waals surface area (Å²) in [7, 11) is 1.62. The van der Waals surface area contributed by atoms with Crippen LogP contribution in [0.4, 0.5) is 10.7 Å². The number of amides is 4. The van der Waals surface area contributed by atoms with Gasteiger partial charge in [0.15, 0.2) is 0 Å². The van der Waals surface area contributed by atoms with E-state index in [1.807, 2.05) is 20.8 Å². The summed E-state index contributed by atoms with van der Waals surface area (Å²) in [6, 6.07) is 4.03. The molecule has 13 heteroatoms. The van der Waals surface area contributed by atoms with E-state index in [-0.39, 0.29) is 36.3 Å². The molecule has 3 saturated heterocycles. The number of benzene rings is 1. The molecule has 3 aliphatic heterocycles. The fourth-order valence-corrected chi connectivity index (χ4v) is 7.19. The summed E-state index contributed by atoms with van der Waals surface area (Å²) in [4.78, 5) is 74.6. The molecule has 0 saturated carbocycles. The first-order valence-electron chi connectivity index (χ1n) is 14.5. The molecule has 0 bridgehead atoms. The first kappa shape index (κ1) is 29.1. The number of carbonyl (C=O) groups is 4. The molecule has 3 aromatic rings. The Morgan fingerprint density at radius 2 is 1.70 bits per heavy atom. The lowest BCUT2D eigenvalue weighted by molar-refractivity contribution is -0.135. The summed E-state index contributed by atoms with van der Waals surface area (Å²) in [6.07, 6.45) is 3.48. The zero-order chi connectivity index (χ0) is 31.6. The van der Waals surface area contributed by atoms with Crippen molar-refractivity contribution in [2.24, 2.45) is 17.9 Å². The zero-order valence-corrected chi connectivity index (χ0v) is 25.0. The fourth-order valence-electron chi connectivity index (χ4n) is 7.19. The Kier molecular flexibility index (Phi) is 6.83. The maximum absolute atomic E-state index is 13.8.